The van der Waals surface area contributed by atoms with Crippen molar-refractivity contribution >= 4 is 37.5 Å². The van der Waals surface area contributed by atoms with Gasteiger partial charge in [0.2, 0.25) is 0 Å². The Morgan fingerprint density at radius 1 is 1.11 bits per heavy atom. The quantitative estimate of drug-likeness (QED) is 0.748. The molecule has 0 spiro atoms. The fourth-order valence-corrected chi connectivity index (χ4v) is 2.05. The Morgan fingerprint density at radius 2 is 1.83 bits per heavy atom. The molecule has 0 unspecified atom stereocenters. The van der Waals surface area contributed by atoms with Crippen LogP contribution in [0.2, 0.25) is 0 Å². The summed E-state index contributed by atoms with van der Waals surface area (Å²) in [6.45, 7) is 1.95. The van der Waals surface area contributed by atoms with Crippen molar-refractivity contribution in [2.24, 2.45) is 0 Å². The van der Waals surface area contributed by atoms with Crippen LogP contribution >= 0.6 is 31.9 Å². The van der Waals surface area contributed by atoms with Crippen molar-refractivity contribution in [1.82, 2.24) is 0 Å². The molecule has 5 heteroatoms. The number of rotatable bonds is 2. The molecule has 2 nitrogen and oxygen atoms in total. The molecule has 0 atom stereocenters. The molecule has 2 N–H and O–H groups in total. The third-order valence-electron chi connectivity index (χ3n) is 2.41. The number of nitrogen functional groups attached to an aromatic ring is 1. The first-order valence-electron chi connectivity index (χ1n) is 5.16. The Balaban J connectivity index is 2.34. The predicted octanol–water partition coefficient (Wildman–Crippen LogP) is 5.03. The third kappa shape index (κ3) is 2.84. The highest BCUT2D eigenvalue weighted by atomic mass is 79.9. The number of halogens is 3. The summed E-state index contributed by atoms with van der Waals surface area (Å²) in [5.41, 5.74) is 7.18. The van der Waals surface area contributed by atoms with Crippen LogP contribution in [0.5, 0.6) is 11.5 Å². The number of benzene rings is 2. The van der Waals surface area contributed by atoms with Gasteiger partial charge in [0.25, 0.3) is 0 Å². The minimum Gasteiger partial charge on any atom is -0.455 e. The first kappa shape index (κ1) is 13.4. The van der Waals surface area contributed by atoms with E-state index in [0.717, 1.165) is 10.0 Å². The SMILES string of the molecule is Cc1cc(Oc2cc(F)c(Br)cc2N)ccc1Br. The summed E-state index contributed by atoms with van der Waals surface area (Å²) in [6, 6.07) is 8.25. The van der Waals surface area contributed by atoms with Crippen LogP contribution in [0.15, 0.2) is 39.3 Å². The second kappa shape index (κ2) is 5.28. The molecule has 0 radical (unpaired) electrons. The Hall–Kier alpha value is -1.07. The molecule has 0 aliphatic carbocycles. The first-order chi connectivity index (χ1) is 8.47. The fourth-order valence-electron chi connectivity index (χ4n) is 1.44. The van der Waals surface area contributed by atoms with Crippen LogP contribution < -0.4 is 10.5 Å². The lowest BCUT2D eigenvalue weighted by molar-refractivity contribution is 0.478. The van der Waals surface area contributed by atoms with E-state index in [1.807, 2.05) is 19.1 Å². The van der Waals surface area contributed by atoms with Crippen LogP contribution in [0.3, 0.4) is 0 Å². The molecule has 0 saturated heterocycles. The molecular formula is C13H10Br2FNO. The van der Waals surface area contributed by atoms with Gasteiger partial charge >= 0.3 is 0 Å². The largest absolute Gasteiger partial charge is 0.455 e. The van der Waals surface area contributed by atoms with Gasteiger partial charge in [-0.15, -0.1) is 0 Å². The number of aryl methyl sites for hydroxylation is 1. The van der Waals surface area contributed by atoms with Crippen LogP contribution in [0.4, 0.5) is 10.1 Å². The molecule has 2 aromatic rings. The van der Waals surface area contributed by atoms with Crippen molar-refractivity contribution in [3.63, 3.8) is 0 Å². The molecule has 0 bridgehead atoms. The van der Waals surface area contributed by atoms with Gasteiger partial charge in [0.1, 0.15) is 11.6 Å². The highest BCUT2D eigenvalue weighted by Crippen LogP contribution is 2.33. The highest BCUT2D eigenvalue weighted by Gasteiger charge is 2.08. The summed E-state index contributed by atoms with van der Waals surface area (Å²) in [5, 5.41) is 0. The Labute approximate surface area is 121 Å². The zero-order valence-corrected chi connectivity index (χ0v) is 12.7. The van der Waals surface area contributed by atoms with Crippen LogP contribution in [-0.4, -0.2) is 0 Å². The van der Waals surface area contributed by atoms with Crippen molar-refractivity contribution in [3.05, 3.63) is 50.7 Å². The molecule has 2 aromatic carbocycles. The molecule has 0 aliphatic heterocycles. The maximum absolute atomic E-state index is 13.4. The van der Waals surface area contributed by atoms with Crippen LogP contribution in [0, 0.1) is 12.7 Å². The third-order valence-corrected chi connectivity index (χ3v) is 3.91. The molecule has 0 fully saturated rings. The lowest BCUT2D eigenvalue weighted by atomic mass is 10.2. The van der Waals surface area contributed by atoms with Gasteiger partial charge in [-0.25, -0.2) is 4.39 Å². The first-order valence-corrected chi connectivity index (χ1v) is 6.74. The van der Waals surface area contributed by atoms with Crippen LogP contribution in [0.25, 0.3) is 0 Å². The van der Waals surface area contributed by atoms with E-state index in [4.69, 9.17) is 10.5 Å². The molecule has 0 heterocycles. The zero-order valence-electron chi connectivity index (χ0n) is 9.51. The topological polar surface area (TPSA) is 35.2 Å². The number of ether oxygens (including phenoxy) is 1. The van der Waals surface area contributed by atoms with Gasteiger partial charge in [-0.05, 0) is 52.7 Å². The van der Waals surface area contributed by atoms with Crippen LogP contribution in [0.1, 0.15) is 5.56 Å². The molecule has 94 valence electrons. The van der Waals surface area contributed by atoms with Crippen molar-refractivity contribution in [3.8, 4) is 11.5 Å². The van der Waals surface area contributed by atoms with Crippen molar-refractivity contribution in [1.29, 1.82) is 0 Å². The normalized spacial score (nSPS) is 10.4. The molecule has 0 aromatic heterocycles. The Morgan fingerprint density at radius 3 is 2.50 bits per heavy atom. The predicted molar refractivity (Wildman–Crippen MR) is 77.5 cm³/mol. The van der Waals surface area contributed by atoms with Gasteiger partial charge in [0.05, 0.1) is 10.2 Å². The van der Waals surface area contributed by atoms with Gasteiger partial charge < -0.3 is 10.5 Å². The van der Waals surface area contributed by atoms with E-state index in [1.165, 1.54) is 12.1 Å². The standard InChI is InChI=1S/C13H10Br2FNO/c1-7-4-8(2-3-9(7)14)18-13-6-11(16)10(15)5-12(13)17/h2-6H,17H2,1H3. The maximum atomic E-state index is 13.4. The molecule has 2 rings (SSSR count). The van der Waals surface area contributed by atoms with E-state index in [1.54, 1.807) is 6.07 Å². The lowest BCUT2D eigenvalue weighted by Gasteiger charge is -2.10. The molecular weight excluding hydrogens is 365 g/mol. The van der Waals surface area contributed by atoms with E-state index < -0.39 is 5.82 Å². The molecule has 0 amide bonds. The summed E-state index contributed by atoms with van der Waals surface area (Å²) in [6.07, 6.45) is 0. The monoisotopic (exact) mass is 373 g/mol. The minimum absolute atomic E-state index is 0.303. The average Bonchev–Trinajstić information content (AvgIpc) is 2.31. The number of nitrogens with two attached hydrogens (primary N) is 1. The highest BCUT2D eigenvalue weighted by molar-refractivity contribution is 9.10. The number of anilines is 1. The Kier molecular flexibility index (Phi) is 3.92. The molecule has 0 saturated carbocycles. The van der Waals surface area contributed by atoms with Crippen LogP contribution in [-0.2, 0) is 0 Å². The number of hydrogen-bond donors (Lipinski definition) is 1. The van der Waals surface area contributed by atoms with Crippen molar-refractivity contribution in [2.75, 3.05) is 5.73 Å². The van der Waals surface area contributed by atoms with Gasteiger partial charge in [0.15, 0.2) is 5.75 Å². The van der Waals surface area contributed by atoms with Crippen molar-refractivity contribution < 1.29 is 9.13 Å². The summed E-state index contributed by atoms with van der Waals surface area (Å²) in [4.78, 5) is 0. The minimum atomic E-state index is -0.409. The number of hydrogen-bond acceptors (Lipinski definition) is 2. The van der Waals surface area contributed by atoms with Crippen molar-refractivity contribution in [2.45, 2.75) is 6.92 Å². The second-order valence-corrected chi connectivity index (χ2v) is 5.53. The molecule has 18 heavy (non-hydrogen) atoms. The summed E-state index contributed by atoms with van der Waals surface area (Å²) < 4.78 is 20.3. The summed E-state index contributed by atoms with van der Waals surface area (Å²) in [7, 11) is 0. The zero-order chi connectivity index (χ0) is 13.3. The van der Waals surface area contributed by atoms with Gasteiger partial charge in [-0.2, -0.15) is 0 Å². The van der Waals surface area contributed by atoms with Gasteiger partial charge in [-0.1, -0.05) is 15.9 Å². The van der Waals surface area contributed by atoms with E-state index >= 15 is 0 Å². The van der Waals surface area contributed by atoms with Gasteiger partial charge in [0, 0.05) is 10.5 Å². The maximum Gasteiger partial charge on any atom is 0.153 e. The van der Waals surface area contributed by atoms with E-state index in [2.05, 4.69) is 31.9 Å². The van der Waals surface area contributed by atoms with E-state index in [9.17, 15) is 4.39 Å². The average molecular weight is 375 g/mol. The van der Waals surface area contributed by atoms with E-state index in [-0.39, 0.29) is 0 Å². The fraction of sp³-hybridized carbons (Fsp3) is 0.0769. The lowest BCUT2D eigenvalue weighted by Crippen LogP contribution is -1.94. The Bertz CT molecular complexity index is 602. The smallest absolute Gasteiger partial charge is 0.153 e. The van der Waals surface area contributed by atoms with Gasteiger partial charge in [-0.3, -0.25) is 0 Å². The second-order valence-electron chi connectivity index (χ2n) is 3.82. The molecule has 0 aliphatic rings. The van der Waals surface area contributed by atoms with E-state index in [0.29, 0.717) is 21.7 Å². The summed E-state index contributed by atoms with van der Waals surface area (Å²) >= 11 is 6.47. The summed E-state index contributed by atoms with van der Waals surface area (Å²) in [5.74, 6) is 0.509.